The minimum atomic E-state index is -0.649. The zero-order chi connectivity index (χ0) is 15.4. The Morgan fingerprint density at radius 2 is 2.05 bits per heavy atom. The van der Waals surface area contributed by atoms with E-state index in [1.165, 1.54) is 7.11 Å². The van der Waals surface area contributed by atoms with Gasteiger partial charge in [-0.05, 0) is 12.0 Å². The molecule has 0 spiro atoms. The normalized spacial score (nSPS) is 12.4. The number of para-hydroxylation sites is 1. The van der Waals surface area contributed by atoms with Crippen LogP contribution < -0.4 is 5.32 Å². The second-order valence-corrected chi connectivity index (χ2v) is 5.17. The van der Waals surface area contributed by atoms with E-state index in [1.807, 2.05) is 38.1 Å². The molecule has 1 N–H and O–H groups in total. The number of nitrogens with zero attached hydrogens (tertiary/aromatic N) is 2. The van der Waals surface area contributed by atoms with Crippen LogP contribution in [-0.2, 0) is 20.9 Å². The van der Waals surface area contributed by atoms with Crippen LogP contribution in [0.1, 0.15) is 13.8 Å². The van der Waals surface area contributed by atoms with E-state index >= 15 is 0 Å². The average molecular weight is 289 g/mol. The van der Waals surface area contributed by atoms with Crippen molar-refractivity contribution in [3.8, 4) is 0 Å². The summed E-state index contributed by atoms with van der Waals surface area (Å²) in [5.74, 6) is -0.757. The molecule has 0 radical (unpaired) electrons. The number of carbonyl (C=O) groups excluding carboxylic acids is 2. The summed E-state index contributed by atoms with van der Waals surface area (Å²) < 4.78 is 6.31. The van der Waals surface area contributed by atoms with Gasteiger partial charge in [-0.15, -0.1) is 0 Å². The molecular formula is C15H19N3O3. The lowest BCUT2D eigenvalue weighted by molar-refractivity contribution is -0.146. The average Bonchev–Trinajstić information content (AvgIpc) is 2.87. The van der Waals surface area contributed by atoms with Crippen molar-refractivity contribution >= 4 is 22.8 Å². The van der Waals surface area contributed by atoms with Crippen molar-refractivity contribution in [1.82, 2.24) is 15.1 Å². The van der Waals surface area contributed by atoms with Crippen molar-refractivity contribution in [3.63, 3.8) is 0 Å². The van der Waals surface area contributed by atoms with Gasteiger partial charge in [-0.2, -0.15) is 5.10 Å². The summed E-state index contributed by atoms with van der Waals surface area (Å²) in [5, 5.41) is 7.86. The SMILES string of the molecule is COC(=O)[C@@H](NC(=O)Cn1ncc2ccccc21)C(C)C. The number of methoxy groups -OCH3 is 1. The molecule has 0 bridgehead atoms. The lowest BCUT2D eigenvalue weighted by atomic mass is 10.0. The maximum absolute atomic E-state index is 12.1. The highest BCUT2D eigenvalue weighted by Gasteiger charge is 2.25. The van der Waals surface area contributed by atoms with Crippen LogP contribution in [0.25, 0.3) is 10.9 Å². The molecule has 0 aliphatic carbocycles. The Hall–Kier alpha value is -2.37. The molecule has 1 amide bonds. The fourth-order valence-corrected chi connectivity index (χ4v) is 2.13. The highest BCUT2D eigenvalue weighted by Crippen LogP contribution is 2.12. The maximum Gasteiger partial charge on any atom is 0.328 e. The Morgan fingerprint density at radius 1 is 1.33 bits per heavy atom. The third kappa shape index (κ3) is 3.39. The summed E-state index contributed by atoms with van der Waals surface area (Å²) in [7, 11) is 1.31. The van der Waals surface area contributed by atoms with Gasteiger partial charge in [0.05, 0.1) is 18.8 Å². The van der Waals surface area contributed by atoms with E-state index in [2.05, 4.69) is 10.4 Å². The maximum atomic E-state index is 12.1. The van der Waals surface area contributed by atoms with Crippen LogP contribution in [0.15, 0.2) is 30.5 Å². The van der Waals surface area contributed by atoms with Crippen LogP contribution in [0.2, 0.25) is 0 Å². The Bertz CT molecular complexity index is 648. The topological polar surface area (TPSA) is 73.2 Å². The number of ether oxygens (including phenoxy) is 1. The Kier molecular flexibility index (Phi) is 4.57. The molecule has 0 unspecified atom stereocenters. The van der Waals surface area contributed by atoms with Crippen molar-refractivity contribution in [2.24, 2.45) is 5.92 Å². The first-order chi connectivity index (χ1) is 10.0. The van der Waals surface area contributed by atoms with Crippen molar-refractivity contribution in [1.29, 1.82) is 0 Å². The van der Waals surface area contributed by atoms with E-state index in [9.17, 15) is 9.59 Å². The van der Waals surface area contributed by atoms with Gasteiger partial charge >= 0.3 is 5.97 Å². The quantitative estimate of drug-likeness (QED) is 0.843. The van der Waals surface area contributed by atoms with Crippen molar-refractivity contribution in [3.05, 3.63) is 30.5 Å². The van der Waals surface area contributed by atoms with Crippen molar-refractivity contribution in [2.75, 3.05) is 7.11 Å². The lowest BCUT2D eigenvalue weighted by Crippen LogP contribution is -2.46. The summed E-state index contributed by atoms with van der Waals surface area (Å²) in [5.41, 5.74) is 0.881. The van der Waals surface area contributed by atoms with E-state index in [-0.39, 0.29) is 18.4 Å². The van der Waals surface area contributed by atoms with Gasteiger partial charge in [0.2, 0.25) is 5.91 Å². The van der Waals surface area contributed by atoms with Gasteiger partial charge in [0.15, 0.2) is 0 Å². The summed E-state index contributed by atoms with van der Waals surface area (Å²) in [6.07, 6.45) is 1.71. The first-order valence-corrected chi connectivity index (χ1v) is 6.80. The molecule has 0 aliphatic rings. The second kappa shape index (κ2) is 6.39. The van der Waals surface area contributed by atoms with Gasteiger partial charge in [0, 0.05) is 5.39 Å². The molecule has 1 aromatic heterocycles. The molecular weight excluding hydrogens is 270 g/mol. The number of benzene rings is 1. The molecule has 0 saturated carbocycles. The summed E-state index contributed by atoms with van der Waals surface area (Å²) in [4.78, 5) is 23.8. The molecule has 6 heteroatoms. The number of fused-ring (bicyclic) bond motifs is 1. The molecule has 0 fully saturated rings. The van der Waals surface area contributed by atoms with E-state index < -0.39 is 12.0 Å². The summed E-state index contributed by atoms with van der Waals surface area (Å²) in [6.45, 7) is 3.77. The minimum absolute atomic E-state index is 0.0456. The first kappa shape index (κ1) is 15.0. The van der Waals surface area contributed by atoms with E-state index in [0.29, 0.717) is 0 Å². The molecule has 0 aliphatic heterocycles. The number of nitrogens with one attached hydrogen (secondary N) is 1. The molecule has 112 valence electrons. The lowest BCUT2D eigenvalue weighted by Gasteiger charge is -2.19. The number of rotatable bonds is 5. The van der Waals surface area contributed by atoms with Gasteiger partial charge in [0.25, 0.3) is 0 Å². The number of amides is 1. The third-order valence-corrected chi connectivity index (χ3v) is 3.28. The molecule has 6 nitrogen and oxygen atoms in total. The zero-order valence-corrected chi connectivity index (χ0v) is 12.4. The largest absolute Gasteiger partial charge is 0.467 e. The van der Waals surface area contributed by atoms with Crippen LogP contribution in [0.5, 0.6) is 0 Å². The number of esters is 1. The monoisotopic (exact) mass is 289 g/mol. The van der Waals surface area contributed by atoms with E-state index in [4.69, 9.17) is 4.74 Å². The van der Waals surface area contributed by atoms with Crippen LogP contribution in [0.3, 0.4) is 0 Å². The summed E-state index contributed by atoms with van der Waals surface area (Å²) >= 11 is 0. The second-order valence-electron chi connectivity index (χ2n) is 5.17. The van der Waals surface area contributed by atoms with E-state index in [1.54, 1.807) is 10.9 Å². The fourth-order valence-electron chi connectivity index (χ4n) is 2.13. The molecule has 1 heterocycles. The highest BCUT2D eigenvalue weighted by atomic mass is 16.5. The Labute approximate surface area is 123 Å². The minimum Gasteiger partial charge on any atom is -0.467 e. The standard InChI is InChI=1S/C15H19N3O3/c1-10(2)14(15(20)21-3)17-13(19)9-18-12-7-5-4-6-11(12)8-16-18/h4-8,10,14H,9H2,1-3H3,(H,17,19)/t14-/m0/s1. The molecule has 1 atom stereocenters. The smallest absolute Gasteiger partial charge is 0.328 e. The Balaban J connectivity index is 2.09. The molecule has 21 heavy (non-hydrogen) atoms. The molecule has 2 aromatic rings. The molecule has 0 saturated heterocycles. The highest BCUT2D eigenvalue weighted by molar-refractivity contribution is 5.86. The van der Waals surface area contributed by atoms with Crippen molar-refractivity contribution in [2.45, 2.75) is 26.4 Å². The number of aromatic nitrogens is 2. The zero-order valence-electron chi connectivity index (χ0n) is 12.4. The first-order valence-electron chi connectivity index (χ1n) is 6.80. The molecule has 1 aromatic carbocycles. The van der Waals surface area contributed by atoms with Crippen LogP contribution in [0.4, 0.5) is 0 Å². The Morgan fingerprint density at radius 3 is 2.71 bits per heavy atom. The fraction of sp³-hybridized carbons (Fsp3) is 0.400. The number of hydrogen-bond donors (Lipinski definition) is 1. The summed E-state index contributed by atoms with van der Waals surface area (Å²) in [6, 6.07) is 6.99. The predicted molar refractivity (Wildman–Crippen MR) is 78.5 cm³/mol. The van der Waals surface area contributed by atoms with Crippen LogP contribution in [-0.4, -0.2) is 34.8 Å². The van der Waals surface area contributed by atoms with Gasteiger partial charge in [-0.25, -0.2) is 4.79 Å². The molecule has 2 rings (SSSR count). The third-order valence-electron chi connectivity index (χ3n) is 3.28. The van der Waals surface area contributed by atoms with Gasteiger partial charge < -0.3 is 10.1 Å². The number of hydrogen-bond acceptors (Lipinski definition) is 4. The van der Waals surface area contributed by atoms with Gasteiger partial charge in [-0.3, -0.25) is 9.48 Å². The number of carbonyl (C=O) groups is 2. The van der Waals surface area contributed by atoms with E-state index in [0.717, 1.165) is 10.9 Å². The van der Waals surface area contributed by atoms with Crippen molar-refractivity contribution < 1.29 is 14.3 Å². The van der Waals surface area contributed by atoms with Gasteiger partial charge in [0.1, 0.15) is 12.6 Å². The predicted octanol–water partition coefficient (Wildman–Crippen LogP) is 1.35. The van der Waals surface area contributed by atoms with Gasteiger partial charge in [-0.1, -0.05) is 32.0 Å². The van der Waals surface area contributed by atoms with Crippen LogP contribution >= 0.6 is 0 Å². The van der Waals surface area contributed by atoms with Crippen LogP contribution in [0, 0.1) is 5.92 Å².